The summed E-state index contributed by atoms with van der Waals surface area (Å²) in [4.78, 5) is 0. The lowest BCUT2D eigenvalue weighted by atomic mass is 9.97. The molecule has 0 amide bonds. The van der Waals surface area contributed by atoms with Crippen molar-refractivity contribution in [3.63, 3.8) is 0 Å². The van der Waals surface area contributed by atoms with Gasteiger partial charge in [0.2, 0.25) is 0 Å². The summed E-state index contributed by atoms with van der Waals surface area (Å²) < 4.78 is 0. The normalized spacial score (nSPS) is 28.4. The Bertz CT molecular complexity index is 383. The van der Waals surface area contributed by atoms with E-state index in [2.05, 4.69) is 61.7 Å². The lowest BCUT2D eigenvalue weighted by Crippen LogP contribution is -1.99. The molecule has 1 fully saturated rings. The minimum absolute atomic E-state index is 0.609. The summed E-state index contributed by atoms with van der Waals surface area (Å²) in [5.74, 6) is 1.89. The van der Waals surface area contributed by atoms with E-state index in [9.17, 15) is 0 Å². The summed E-state index contributed by atoms with van der Waals surface area (Å²) in [6, 6.07) is 10.5. The van der Waals surface area contributed by atoms with Gasteiger partial charge in [0.15, 0.2) is 0 Å². The summed E-state index contributed by atoms with van der Waals surface area (Å²) in [6.45, 7) is 7.84. The van der Waals surface area contributed by atoms with Crippen LogP contribution in [0.2, 0.25) is 0 Å². The fourth-order valence-electron chi connectivity index (χ4n) is 2.66. The van der Waals surface area contributed by atoms with Crippen molar-refractivity contribution in [1.82, 2.24) is 0 Å². The van der Waals surface area contributed by atoms with Gasteiger partial charge in [0.1, 0.15) is 0 Å². The minimum Gasteiger partial charge on any atom is -0.103 e. The van der Waals surface area contributed by atoms with E-state index in [1.54, 1.807) is 0 Å². The molecular weight excluding hydrogens is 204 g/mol. The molecule has 0 aromatic heterocycles. The van der Waals surface area contributed by atoms with Crippen molar-refractivity contribution >= 4 is 6.08 Å². The van der Waals surface area contributed by atoms with Gasteiger partial charge in [-0.1, -0.05) is 54.6 Å². The summed E-state index contributed by atoms with van der Waals surface area (Å²) in [5, 5.41) is 0. The van der Waals surface area contributed by atoms with Gasteiger partial charge in [-0.05, 0) is 36.2 Å². The van der Waals surface area contributed by atoms with Crippen LogP contribution in [0, 0.1) is 17.8 Å². The summed E-state index contributed by atoms with van der Waals surface area (Å²) in [5.41, 5.74) is 1.28. The molecule has 0 N–H and O–H groups in total. The van der Waals surface area contributed by atoms with Crippen LogP contribution in [0.1, 0.15) is 18.4 Å². The van der Waals surface area contributed by atoms with E-state index >= 15 is 0 Å². The third-order valence-electron chi connectivity index (χ3n) is 3.67. The molecule has 1 aliphatic rings. The van der Waals surface area contributed by atoms with Crippen molar-refractivity contribution in [2.45, 2.75) is 12.8 Å². The van der Waals surface area contributed by atoms with Crippen LogP contribution < -0.4 is 0 Å². The molecule has 0 heteroatoms. The Labute approximate surface area is 104 Å². The highest BCUT2D eigenvalue weighted by Gasteiger charge is 2.28. The van der Waals surface area contributed by atoms with Gasteiger partial charge in [-0.2, -0.15) is 0 Å². The summed E-state index contributed by atoms with van der Waals surface area (Å²) >= 11 is 0. The van der Waals surface area contributed by atoms with Crippen LogP contribution in [0.4, 0.5) is 0 Å². The van der Waals surface area contributed by atoms with E-state index in [-0.39, 0.29) is 0 Å². The zero-order valence-corrected chi connectivity index (χ0v) is 10.3. The smallest absolute Gasteiger partial charge is 0.0167 e. The largest absolute Gasteiger partial charge is 0.103 e. The maximum Gasteiger partial charge on any atom is -0.0167 e. The standard InChI is InChI=1S/C17H20/c1-3-16-12-15(13-17(16)4-2)11-10-14-8-6-5-7-9-14/h3-11,15-17H,1-2,12-13H2/b11-10+. The van der Waals surface area contributed by atoms with Crippen LogP contribution in [-0.2, 0) is 0 Å². The number of allylic oxidation sites excluding steroid dienone is 3. The van der Waals surface area contributed by atoms with Crippen molar-refractivity contribution in [2.24, 2.45) is 17.8 Å². The molecule has 0 radical (unpaired) electrons. The average Bonchev–Trinajstić information content (AvgIpc) is 2.80. The molecule has 0 heterocycles. The van der Waals surface area contributed by atoms with Crippen molar-refractivity contribution in [1.29, 1.82) is 0 Å². The van der Waals surface area contributed by atoms with Crippen LogP contribution in [0.3, 0.4) is 0 Å². The quantitative estimate of drug-likeness (QED) is 0.649. The zero-order valence-electron chi connectivity index (χ0n) is 10.3. The highest BCUT2D eigenvalue weighted by atomic mass is 14.3. The van der Waals surface area contributed by atoms with E-state index in [1.807, 2.05) is 6.07 Å². The number of hydrogen-bond donors (Lipinski definition) is 0. The second-order valence-electron chi connectivity index (χ2n) is 4.80. The molecule has 88 valence electrons. The van der Waals surface area contributed by atoms with E-state index in [0.717, 1.165) is 0 Å². The van der Waals surface area contributed by atoms with Crippen molar-refractivity contribution in [3.05, 3.63) is 67.3 Å². The minimum atomic E-state index is 0.609. The van der Waals surface area contributed by atoms with Crippen molar-refractivity contribution < 1.29 is 0 Å². The molecule has 0 bridgehead atoms. The van der Waals surface area contributed by atoms with Gasteiger partial charge in [-0.15, -0.1) is 13.2 Å². The van der Waals surface area contributed by atoms with Gasteiger partial charge in [-0.3, -0.25) is 0 Å². The molecule has 2 atom stereocenters. The fraction of sp³-hybridized carbons (Fsp3) is 0.294. The first-order chi connectivity index (χ1) is 8.33. The molecule has 1 aromatic carbocycles. The SMILES string of the molecule is C=CC1CC(/C=C/c2ccccc2)CC1C=C. The first-order valence-corrected chi connectivity index (χ1v) is 6.32. The molecule has 0 saturated heterocycles. The molecular formula is C17H20. The first kappa shape index (κ1) is 11.9. The van der Waals surface area contributed by atoms with E-state index < -0.39 is 0 Å². The predicted molar refractivity (Wildman–Crippen MR) is 75.6 cm³/mol. The zero-order chi connectivity index (χ0) is 12.1. The Balaban J connectivity index is 1.99. The molecule has 0 aliphatic heterocycles. The maximum atomic E-state index is 3.92. The van der Waals surface area contributed by atoms with Crippen LogP contribution in [-0.4, -0.2) is 0 Å². The molecule has 1 aromatic rings. The highest BCUT2D eigenvalue weighted by Crippen LogP contribution is 2.38. The van der Waals surface area contributed by atoms with Crippen LogP contribution >= 0.6 is 0 Å². The Morgan fingerprint density at radius 2 is 1.53 bits per heavy atom. The Kier molecular flexibility index (Phi) is 3.98. The highest BCUT2D eigenvalue weighted by molar-refractivity contribution is 5.49. The number of rotatable bonds is 4. The molecule has 1 aliphatic carbocycles. The molecule has 17 heavy (non-hydrogen) atoms. The molecule has 2 rings (SSSR count). The molecule has 1 saturated carbocycles. The summed E-state index contributed by atoms with van der Waals surface area (Å²) in [7, 11) is 0. The van der Waals surface area contributed by atoms with E-state index in [1.165, 1.54) is 18.4 Å². The van der Waals surface area contributed by atoms with Gasteiger partial charge in [0, 0.05) is 0 Å². The van der Waals surface area contributed by atoms with E-state index in [4.69, 9.17) is 0 Å². The van der Waals surface area contributed by atoms with Crippen LogP contribution in [0.5, 0.6) is 0 Å². The Morgan fingerprint density at radius 1 is 0.941 bits per heavy atom. The van der Waals surface area contributed by atoms with Gasteiger partial charge >= 0.3 is 0 Å². The van der Waals surface area contributed by atoms with Crippen molar-refractivity contribution in [2.75, 3.05) is 0 Å². The van der Waals surface area contributed by atoms with Gasteiger partial charge in [0.05, 0.1) is 0 Å². The van der Waals surface area contributed by atoms with E-state index in [0.29, 0.717) is 17.8 Å². The average molecular weight is 224 g/mol. The third kappa shape index (κ3) is 2.97. The molecule has 0 nitrogen and oxygen atoms in total. The molecule has 2 unspecified atom stereocenters. The van der Waals surface area contributed by atoms with Crippen LogP contribution in [0.25, 0.3) is 6.08 Å². The lowest BCUT2D eigenvalue weighted by molar-refractivity contribution is 0.560. The monoisotopic (exact) mass is 224 g/mol. The Hall–Kier alpha value is -1.56. The summed E-state index contributed by atoms with van der Waals surface area (Å²) in [6.07, 6.45) is 11.2. The second-order valence-corrected chi connectivity index (χ2v) is 4.80. The second kappa shape index (κ2) is 5.67. The third-order valence-corrected chi connectivity index (χ3v) is 3.67. The predicted octanol–water partition coefficient (Wildman–Crippen LogP) is 4.71. The number of hydrogen-bond acceptors (Lipinski definition) is 0. The topological polar surface area (TPSA) is 0 Å². The van der Waals surface area contributed by atoms with Crippen LogP contribution in [0.15, 0.2) is 61.7 Å². The first-order valence-electron chi connectivity index (χ1n) is 6.32. The van der Waals surface area contributed by atoms with Crippen molar-refractivity contribution in [3.8, 4) is 0 Å². The van der Waals surface area contributed by atoms with Gasteiger partial charge in [0.25, 0.3) is 0 Å². The lowest BCUT2D eigenvalue weighted by Gasteiger charge is -2.08. The maximum absolute atomic E-state index is 3.92. The Morgan fingerprint density at radius 3 is 2.06 bits per heavy atom. The van der Waals surface area contributed by atoms with Gasteiger partial charge in [-0.25, -0.2) is 0 Å². The number of benzene rings is 1. The fourth-order valence-corrected chi connectivity index (χ4v) is 2.66. The van der Waals surface area contributed by atoms with Gasteiger partial charge < -0.3 is 0 Å². The molecule has 0 spiro atoms.